The summed E-state index contributed by atoms with van der Waals surface area (Å²) >= 11 is 1.85. The van der Waals surface area contributed by atoms with Crippen molar-refractivity contribution in [3.8, 4) is 11.1 Å². The second-order valence-corrected chi connectivity index (χ2v) is 14.7. The molecular weight excluding hydrogens is 651 g/mol. The first-order valence-electron chi connectivity index (χ1n) is 17.8. The van der Waals surface area contributed by atoms with Gasteiger partial charge in [-0.2, -0.15) is 0 Å². The first kappa shape index (κ1) is 29.3. The SMILES string of the molecule is c1ccc(N(c2ccc(-c3cccc(C4(c5ccccc5)c5cccc6oc7cccc4c7c56)c3)cc2)c2ccc3c(c2)sc2ccccc23)cc1. The molecule has 0 fully saturated rings. The van der Waals surface area contributed by atoms with Crippen LogP contribution in [0.4, 0.5) is 17.1 Å². The molecule has 0 saturated carbocycles. The highest BCUT2D eigenvalue weighted by molar-refractivity contribution is 7.25. The number of para-hydroxylation sites is 1. The van der Waals surface area contributed by atoms with Gasteiger partial charge < -0.3 is 9.32 Å². The molecule has 2 aromatic heterocycles. The molecule has 0 amide bonds. The molecule has 2 heterocycles. The van der Waals surface area contributed by atoms with Gasteiger partial charge in [-0.25, -0.2) is 0 Å². The number of hydrogen-bond donors (Lipinski definition) is 0. The van der Waals surface area contributed by atoms with Gasteiger partial charge in [0, 0.05) is 48.0 Å². The van der Waals surface area contributed by atoms with Crippen LogP contribution in [-0.4, -0.2) is 0 Å². The molecule has 10 aromatic rings. The Labute approximate surface area is 305 Å². The summed E-state index contributed by atoms with van der Waals surface area (Å²) in [5.41, 5.74) is 12.2. The standard InChI is InChI=1S/C49H31NOS/c1-3-13-34(14-4-1)49(41-19-10-21-43-47(41)48-42(49)20-11-22-44(48)51-43)35-15-9-12-33(30-35)32-24-26-37(27-25-32)50(36-16-5-2-6-17-36)38-28-29-40-39-18-7-8-23-45(39)52-46(40)31-38/h1-31H. The van der Waals surface area contributed by atoms with Gasteiger partial charge in [-0.05, 0) is 94.0 Å². The van der Waals surface area contributed by atoms with E-state index in [1.54, 1.807) is 0 Å². The normalized spacial score (nSPS) is 13.2. The third-order valence-electron chi connectivity index (χ3n) is 10.9. The number of rotatable bonds is 6. The lowest BCUT2D eigenvalue weighted by molar-refractivity contribution is 0.663. The maximum absolute atomic E-state index is 6.36. The van der Waals surface area contributed by atoms with Crippen molar-refractivity contribution in [2.45, 2.75) is 5.41 Å². The van der Waals surface area contributed by atoms with Crippen LogP contribution in [0.2, 0.25) is 0 Å². The van der Waals surface area contributed by atoms with Gasteiger partial charge >= 0.3 is 0 Å². The zero-order chi connectivity index (χ0) is 34.2. The number of nitrogens with zero attached hydrogens (tertiary/aromatic N) is 1. The molecule has 1 aliphatic rings. The van der Waals surface area contributed by atoms with Crippen molar-refractivity contribution in [3.05, 3.63) is 210 Å². The molecule has 0 radical (unpaired) electrons. The molecule has 1 aliphatic carbocycles. The monoisotopic (exact) mass is 681 g/mol. The van der Waals surface area contributed by atoms with E-state index < -0.39 is 5.41 Å². The molecule has 0 aliphatic heterocycles. The van der Waals surface area contributed by atoms with Crippen molar-refractivity contribution >= 4 is 70.5 Å². The molecule has 0 saturated heterocycles. The average Bonchev–Trinajstić information content (AvgIpc) is 3.88. The van der Waals surface area contributed by atoms with E-state index in [0.717, 1.165) is 28.2 Å². The van der Waals surface area contributed by atoms with Crippen LogP contribution in [0.15, 0.2) is 192 Å². The Morgan fingerprint density at radius 3 is 1.75 bits per heavy atom. The summed E-state index contributed by atoms with van der Waals surface area (Å²) in [5, 5.41) is 5.07. The molecule has 0 N–H and O–H groups in total. The predicted octanol–water partition coefficient (Wildman–Crippen LogP) is 13.8. The number of thiophene rings is 1. The maximum atomic E-state index is 6.36. The quantitative estimate of drug-likeness (QED) is 0.174. The van der Waals surface area contributed by atoms with Crippen molar-refractivity contribution in [1.82, 2.24) is 0 Å². The average molecular weight is 682 g/mol. The molecule has 244 valence electrons. The zero-order valence-corrected chi connectivity index (χ0v) is 29.0. The molecule has 8 aromatic carbocycles. The van der Waals surface area contributed by atoms with Gasteiger partial charge in [0.25, 0.3) is 0 Å². The molecule has 0 unspecified atom stereocenters. The van der Waals surface area contributed by atoms with Crippen LogP contribution in [-0.2, 0) is 5.41 Å². The first-order valence-corrected chi connectivity index (χ1v) is 18.6. The highest BCUT2D eigenvalue weighted by atomic mass is 32.1. The summed E-state index contributed by atoms with van der Waals surface area (Å²) < 4.78 is 8.97. The zero-order valence-electron chi connectivity index (χ0n) is 28.2. The molecular formula is C49H31NOS. The van der Waals surface area contributed by atoms with E-state index in [2.05, 4.69) is 193 Å². The highest BCUT2D eigenvalue weighted by Crippen LogP contribution is 2.57. The van der Waals surface area contributed by atoms with Gasteiger partial charge in [0.15, 0.2) is 0 Å². The molecule has 0 atom stereocenters. The van der Waals surface area contributed by atoms with Crippen molar-refractivity contribution in [2.75, 3.05) is 4.90 Å². The summed E-state index contributed by atoms with van der Waals surface area (Å²) in [6.07, 6.45) is 0. The minimum Gasteiger partial charge on any atom is -0.456 e. The fourth-order valence-corrected chi connectivity index (χ4v) is 9.87. The molecule has 3 heteroatoms. The number of furan rings is 1. The topological polar surface area (TPSA) is 16.4 Å². The second-order valence-electron chi connectivity index (χ2n) is 13.7. The number of hydrogen-bond acceptors (Lipinski definition) is 3. The molecule has 11 rings (SSSR count). The van der Waals surface area contributed by atoms with Crippen molar-refractivity contribution < 1.29 is 4.42 Å². The van der Waals surface area contributed by atoms with Crippen molar-refractivity contribution in [1.29, 1.82) is 0 Å². The van der Waals surface area contributed by atoms with Crippen LogP contribution in [0.1, 0.15) is 22.3 Å². The van der Waals surface area contributed by atoms with E-state index in [9.17, 15) is 0 Å². The van der Waals surface area contributed by atoms with Gasteiger partial charge in [0.1, 0.15) is 11.2 Å². The largest absolute Gasteiger partial charge is 0.456 e. The van der Waals surface area contributed by atoms with Gasteiger partial charge in [0.2, 0.25) is 0 Å². The van der Waals surface area contributed by atoms with Crippen molar-refractivity contribution in [3.63, 3.8) is 0 Å². The van der Waals surface area contributed by atoms with E-state index >= 15 is 0 Å². The van der Waals surface area contributed by atoms with Crippen LogP contribution in [0, 0.1) is 0 Å². The van der Waals surface area contributed by atoms with E-state index in [0.29, 0.717) is 0 Å². The van der Waals surface area contributed by atoms with E-state index in [-0.39, 0.29) is 0 Å². The second kappa shape index (κ2) is 11.3. The summed E-state index contributed by atoms with van der Waals surface area (Å²) in [4.78, 5) is 2.36. The molecule has 0 bridgehead atoms. The van der Waals surface area contributed by atoms with Gasteiger partial charge in [0.05, 0.1) is 5.41 Å². The lowest BCUT2D eigenvalue weighted by Gasteiger charge is -2.34. The van der Waals surface area contributed by atoms with Gasteiger partial charge in [-0.3, -0.25) is 0 Å². The highest BCUT2D eigenvalue weighted by Gasteiger charge is 2.46. The molecule has 2 nitrogen and oxygen atoms in total. The van der Waals surface area contributed by atoms with Crippen molar-refractivity contribution in [2.24, 2.45) is 0 Å². The Bertz CT molecular complexity index is 2900. The van der Waals surface area contributed by atoms with E-state index in [4.69, 9.17) is 4.42 Å². The van der Waals surface area contributed by atoms with Gasteiger partial charge in [-0.1, -0.05) is 127 Å². The smallest absolute Gasteiger partial charge is 0.135 e. The number of fused-ring (bicyclic) bond motifs is 3. The minimum atomic E-state index is -0.465. The molecule has 52 heavy (non-hydrogen) atoms. The van der Waals surface area contributed by atoms with E-state index in [1.165, 1.54) is 64.3 Å². The Hall–Kier alpha value is -6.42. The fourth-order valence-electron chi connectivity index (χ4n) is 8.73. The first-order chi connectivity index (χ1) is 25.8. The Morgan fingerprint density at radius 2 is 1.00 bits per heavy atom. The third-order valence-corrected chi connectivity index (χ3v) is 12.1. The predicted molar refractivity (Wildman–Crippen MR) is 219 cm³/mol. The maximum Gasteiger partial charge on any atom is 0.135 e. The Kier molecular flexibility index (Phi) is 6.37. The lowest BCUT2D eigenvalue weighted by Crippen LogP contribution is -2.28. The number of anilines is 3. The number of benzene rings is 8. The van der Waals surface area contributed by atoms with Crippen LogP contribution >= 0.6 is 11.3 Å². The summed E-state index contributed by atoms with van der Waals surface area (Å²) in [6, 6.07) is 68.4. The summed E-state index contributed by atoms with van der Waals surface area (Å²) in [5.74, 6) is 0. The minimum absolute atomic E-state index is 0.465. The van der Waals surface area contributed by atoms with Crippen LogP contribution in [0.25, 0.3) is 53.2 Å². The summed E-state index contributed by atoms with van der Waals surface area (Å²) in [7, 11) is 0. The van der Waals surface area contributed by atoms with Crippen LogP contribution < -0.4 is 4.90 Å². The Morgan fingerprint density at radius 1 is 0.404 bits per heavy atom. The molecule has 0 spiro atoms. The van der Waals surface area contributed by atoms with Crippen LogP contribution in [0.5, 0.6) is 0 Å². The van der Waals surface area contributed by atoms with E-state index in [1.807, 2.05) is 11.3 Å². The van der Waals surface area contributed by atoms with Gasteiger partial charge in [-0.15, -0.1) is 11.3 Å². The lowest BCUT2D eigenvalue weighted by atomic mass is 9.67. The third kappa shape index (κ3) is 4.17. The summed E-state index contributed by atoms with van der Waals surface area (Å²) in [6.45, 7) is 0. The Balaban J connectivity index is 1.04. The fraction of sp³-hybridized carbons (Fsp3) is 0.0204. The van der Waals surface area contributed by atoms with Crippen LogP contribution in [0.3, 0.4) is 0 Å².